The Labute approximate surface area is 372 Å². The molecule has 4 heterocycles. The molecule has 0 fully saturated rings. The van der Waals surface area contributed by atoms with Crippen LogP contribution in [0.1, 0.15) is 5.56 Å². The lowest BCUT2D eigenvalue weighted by Gasteiger charge is -2.14. The van der Waals surface area contributed by atoms with E-state index >= 15 is 0 Å². The second kappa shape index (κ2) is 14.5. The molecular weight excluding hydrogens is 797 g/mol. The van der Waals surface area contributed by atoms with Crippen molar-refractivity contribution in [2.75, 3.05) is 0 Å². The zero-order valence-corrected chi connectivity index (χ0v) is 34.7. The maximum absolute atomic E-state index is 11.3. The van der Waals surface area contributed by atoms with Crippen molar-refractivity contribution in [1.29, 1.82) is 5.26 Å². The fourth-order valence-electron chi connectivity index (χ4n) is 9.78. The molecule has 0 spiro atoms. The first kappa shape index (κ1) is 36.5. The summed E-state index contributed by atoms with van der Waals surface area (Å²) >= 11 is 0. The Bertz CT molecular complexity index is 3990. The number of benzene rings is 9. The summed E-state index contributed by atoms with van der Waals surface area (Å²) in [5.74, 6) is 1.42. The molecule has 0 aliphatic carbocycles. The molecule has 0 aliphatic rings. The van der Waals surface area contributed by atoms with Gasteiger partial charge in [0, 0.05) is 54.7 Å². The van der Waals surface area contributed by atoms with Gasteiger partial charge in [0.25, 0.3) is 0 Å². The average molecular weight is 831 g/mol. The van der Waals surface area contributed by atoms with Crippen LogP contribution < -0.4 is 0 Å². The molecule has 0 radical (unpaired) electrons. The highest BCUT2D eigenvalue weighted by atomic mass is 16.3. The predicted octanol–water partition coefficient (Wildman–Crippen LogP) is 14.5. The summed E-state index contributed by atoms with van der Waals surface area (Å²) in [5.41, 5.74) is 12.3. The van der Waals surface area contributed by atoms with Crippen LogP contribution in [0, 0.1) is 11.3 Å². The van der Waals surface area contributed by atoms with Gasteiger partial charge in [-0.15, -0.1) is 0 Å². The van der Waals surface area contributed by atoms with E-state index in [0.29, 0.717) is 39.8 Å². The summed E-state index contributed by atoms with van der Waals surface area (Å²) in [6.07, 6.45) is 0. The Morgan fingerprint density at radius 2 is 0.923 bits per heavy atom. The molecule has 302 valence electrons. The summed E-state index contributed by atoms with van der Waals surface area (Å²) in [4.78, 5) is 15.3. The smallest absolute Gasteiger partial charge is 0.166 e. The minimum atomic E-state index is 0.391. The zero-order valence-electron chi connectivity index (χ0n) is 34.7. The molecule has 9 aromatic carbocycles. The van der Waals surface area contributed by atoms with Crippen LogP contribution in [0.25, 0.3) is 122 Å². The van der Waals surface area contributed by atoms with E-state index in [2.05, 4.69) is 124 Å². The van der Waals surface area contributed by atoms with Crippen LogP contribution in [-0.2, 0) is 0 Å². The fourth-order valence-corrected chi connectivity index (χ4v) is 9.78. The van der Waals surface area contributed by atoms with Crippen molar-refractivity contribution in [3.05, 3.63) is 212 Å². The van der Waals surface area contributed by atoms with Gasteiger partial charge in [-0.25, -0.2) is 15.0 Å². The molecule has 13 rings (SSSR count). The third kappa shape index (κ3) is 5.64. The first-order valence-electron chi connectivity index (χ1n) is 21.6. The number of furan rings is 1. The van der Waals surface area contributed by atoms with Crippen molar-refractivity contribution in [3.63, 3.8) is 0 Å². The highest BCUT2D eigenvalue weighted by molar-refractivity contribution is 6.29. The Morgan fingerprint density at radius 3 is 1.60 bits per heavy atom. The molecule has 13 aromatic rings. The van der Waals surface area contributed by atoms with Gasteiger partial charge in [-0.05, 0) is 65.7 Å². The third-order valence-corrected chi connectivity index (χ3v) is 12.6. The molecule has 7 heteroatoms. The number of rotatable bonds is 6. The first-order valence-corrected chi connectivity index (χ1v) is 21.6. The summed E-state index contributed by atoms with van der Waals surface area (Å²) < 4.78 is 11.6. The number of nitrogens with zero attached hydrogens (tertiary/aromatic N) is 6. The topological polar surface area (TPSA) is 85.5 Å². The standard InChI is InChI=1S/C58H34N6O/c59-35-40-34-49(55-54(43-26-14-16-28-50(43)65-55)51(40)58-61-56(37-19-7-2-8-20-37)60-57(62-58)38-21-9-3-10-22-38)64-46-30-29-39(36-17-5-1-6-18-36)33-44(46)53-48(64)32-31-47-52(53)42-25-13-15-27-45(42)63(47)41-23-11-4-12-24-41/h1-34H. The van der Waals surface area contributed by atoms with E-state index in [1.165, 1.54) is 0 Å². The highest BCUT2D eigenvalue weighted by Crippen LogP contribution is 2.47. The molecule has 0 saturated carbocycles. The second-order valence-electron chi connectivity index (χ2n) is 16.2. The van der Waals surface area contributed by atoms with Crippen LogP contribution in [0.4, 0.5) is 0 Å². The molecular formula is C58H34N6O. The second-order valence-corrected chi connectivity index (χ2v) is 16.2. The molecule has 0 aliphatic heterocycles. The normalized spacial score (nSPS) is 11.7. The Kier molecular flexibility index (Phi) is 8.14. The number of fused-ring (bicyclic) bond motifs is 10. The summed E-state index contributed by atoms with van der Waals surface area (Å²) in [6.45, 7) is 0. The molecule has 0 unspecified atom stereocenters. The number of hydrogen-bond donors (Lipinski definition) is 0. The summed E-state index contributed by atoms with van der Waals surface area (Å²) in [7, 11) is 0. The van der Waals surface area contributed by atoms with Crippen molar-refractivity contribution in [2.24, 2.45) is 0 Å². The zero-order chi connectivity index (χ0) is 43.0. The van der Waals surface area contributed by atoms with E-state index in [4.69, 9.17) is 19.4 Å². The lowest BCUT2D eigenvalue weighted by atomic mass is 9.98. The van der Waals surface area contributed by atoms with E-state index in [9.17, 15) is 5.26 Å². The Balaban J connectivity index is 1.17. The molecule has 0 bridgehead atoms. The quantitative estimate of drug-likeness (QED) is 0.167. The van der Waals surface area contributed by atoms with E-state index in [-0.39, 0.29) is 0 Å². The Morgan fingerprint density at radius 1 is 0.400 bits per heavy atom. The summed E-state index contributed by atoms with van der Waals surface area (Å²) in [5, 5.41) is 17.5. The number of aromatic nitrogens is 5. The fraction of sp³-hybridized carbons (Fsp3) is 0. The van der Waals surface area contributed by atoms with Crippen molar-refractivity contribution >= 4 is 65.6 Å². The van der Waals surface area contributed by atoms with Crippen LogP contribution in [0.15, 0.2) is 211 Å². The molecule has 0 atom stereocenters. The van der Waals surface area contributed by atoms with E-state index < -0.39 is 0 Å². The number of hydrogen-bond acceptors (Lipinski definition) is 5. The van der Waals surface area contributed by atoms with E-state index in [1.54, 1.807) is 0 Å². The maximum atomic E-state index is 11.3. The Hall–Kier alpha value is -9.12. The van der Waals surface area contributed by atoms with Crippen LogP contribution in [0.2, 0.25) is 0 Å². The van der Waals surface area contributed by atoms with Crippen LogP contribution in [-0.4, -0.2) is 24.1 Å². The number of para-hydroxylation sites is 3. The van der Waals surface area contributed by atoms with Gasteiger partial charge in [0.1, 0.15) is 5.58 Å². The summed E-state index contributed by atoms with van der Waals surface area (Å²) in [6, 6.07) is 73.2. The minimum Gasteiger partial charge on any atom is -0.454 e. The van der Waals surface area contributed by atoms with Crippen molar-refractivity contribution in [3.8, 4) is 62.7 Å². The largest absolute Gasteiger partial charge is 0.454 e. The SMILES string of the molecule is N#Cc1cc(-n2c3ccc(-c4ccccc4)cc3c3c4c5ccccc5n(-c5ccccc5)c4ccc32)c2oc3ccccc3c2c1-c1nc(-c2ccccc2)nc(-c2ccccc2)n1. The van der Waals surface area contributed by atoms with Gasteiger partial charge in [-0.1, -0.05) is 152 Å². The van der Waals surface area contributed by atoms with E-state index in [0.717, 1.165) is 88.0 Å². The molecule has 0 saturated heterocycles. The third-order valence-electron chi connectivity index (χ3n) is 12.6. The minimum absolute atomic E-state index is 0.391. The average Bonchev–Trinajstić information content (AvgIpc) is 4.04. The highest BCUT2D eigenvalue weighted by Gasteiger charge is 2.28. The molecule has 4 aromatic heterocycles. The number of nitriles is 1. The van der Waals surface area contributed by atoms with Gasteiger partial charge in [-0.3, -0.25) is 0 Å². The lowest BCUT2D eigenvalue weighted by Crippen LogP contribution is -2.03. The maximum Gasteiger partial charge on any atom is 0.166 e. The van der Waals surface area contributed by atoms with Gasteiger partial charge >= 0.3 is 0 Å². The predicted molar refractivity (Wildman–Crippen MR) is 262 cm³/mol. The van der Waals surface area contributed by atoms with Gasteiger partial charge in [-0.2, -0.15) is 5.26 Å². The van der Waals surface area contributed by atoms with Crippen LogP contribution >= 0.6 is 0 Å². The molecule has 65 heavy (non-hydrogen) atoms. The molecule has 0 amide bonds. The van der Waals surface area contributed by atoms with Gasteiger partial charge in [0.2, 0.25) is 0 Å². The van der Waals surface area contributed by atoms with Crippen LogP contribution in [0.5, 0.6) is 0 Å². The lowest BCUT2D eigenvalue weighted by molar-refractivity contribution is 0.666. The van der Waals surface area contributed by atoms with Crippen molar-refractivity contribution in [1.82, 2.24) is 24.1 Å². The van der Waals surface area contributed by atoms with Gasteiger partial charge in [0.05, 0.1) is 39.4 Å². The van der Waals surface area contributed by atoms with Gasteiger partial charge < -0.3 is 13.6 Å². The van der Waals surface area contributed by atoms with Crippen molar-refractivity contribution in [2.45, 2.75) is 0 Å². The monoisotopic (exact) mass is 830 g/mol. The molecule has 7 nitrogen and oxygen atoms in total. The van der Waals surface area contributed by atoms with Crippen LogP contribution in [0.3, 0.4) is 0 Å². The molecule has 0 N–H and O–H groups in total. The first-order chi connectivity index (χ1) is 32.2. The van der Waals surface area contributed by atoms with Gasteiger partial charge in [0.15, 0.2) is 23.1 Å². The van der Waals surface area contributed by atoms with E-state index in [1.807, 2.05) is 97.1 Å². The van der Waals surface area contributed by atoms with Crippen molar-refractivity contribution < 1.29 is 4.42 Å².